The van der Waals surface area contributed by atoms with Crippen LogP contribution in [-0.2, 0) is 16.0 Å². The molecule has 1 atom stereocenters. The highest BCUT2D eigenvalue weighted by Gasteiger charge is 2.23. The van der Waals surface area contributed by atoms with Crippen LogP contribution in [0.2, 0.25) is 0 Å². The maximum Gasteiger partial charge on any atom is 0.340 e. The molecular formula is C22H25NO6. The van der Waals surface area contributed by atoms with Crippen LogP contribution in [0.3, 0.4) is 0 Å². The molecule has 2 N–H and O–H groups in total. The minimum atomic E-state index is -1.09. The van der Waals surface area contributed by atoms with Gasteiger partial charge in [0.15, 0.2) is 0 Å². The van der Waals surface area contributed by atoms with E-state index in [-0.39, 0.29) is 12.0 Å². The van der Waals surface area contributed by atoms with Crippen molar-refractivity contribution in [3.05, 3.63) is 44.5 Å². The van der Waals surface area contributed by atoms with E-state index in [1.165, 1.54) is 0 Å². The topological polar surface area (TPSA) is 110 Å². The number of carboxylic acids is 1. The van der Waals surface area contributed by atoms with Crippen LogP contribution in [0.4, 0.5) is 0 Å². The van der Waals surface area contributed by atoms with Gasteiger partial charge in [-0.15, -0.1) is 0 Å². The third kappa shape index (κ3) is 3.64. The molecule has 3 rings (SSSR count). The molecule has 3 aromatic rings. The van der Waals surface area contributed by atoms with Crippen LogP contribution in [0.5, 0.6) is 0 Å². The Morgan fingerprint density at radius 3 is 2.28 bits per heavy atom. The average molecular weight is 399 g/mol. The fourth-order valence-electron chi connectivity index (χ4n) is 3.65. The number of carbonyl (C=O) groups is 2. The first kappa shape index (κ1) is 20.6. The summed E-state index contributed by atoms with van der Waals surface area (Å²) in [6.07, 6.45) is 0.702. The first-order valence-electron chi connectivity index (χ1n) is 9.63. The Hall–Kier alpha value is -3.09. The third-order valence-electron chi connectivity index (χ3n) is 5.49. The van der Waals surface area contributed by atoms with Gasteiger partial charge in [0.25, 0.3) is 0 Å². The molecule has 0 aliphatic rings. The molecule has 7 heteroatoms. The van der Waals surface area contributed by atoms with Gasteiger partial charge in [-0.2, -0.15) is 0 Å². The van der Waals surface area contributed by atoms with E-state index in [4.69, 9.17) is 8.83 Å². The van der Waals surface area contributed by atoms with Crippen LogP contribution >= 0.6 is 0 Å². The van der Waals surface area contributed by atoms with Crippen molar-refractivity contribution in [1.82, 2.24) is 5.32 Å². The van der Waals surface area contributed by atoms with Crippen LogP contribution < -0.4 is 10.9 Å². The molecule has 1 amide bonds. The highest BCUT2D eigenvalue weighted by atomic mass is 16.4. The molecule has 7 nitrogen and oxygen atoms in total. The monoisotopic (exact) mass is 399 g/mol. The zero-order valence-corrected chi connectivity index (χ0v) is 17.3. The molecule has 0 spiro atoms. The summed E-state index contributed by atoms with van der Waals surface area (Å²) in [7, 11) is 0. The second kappa shape index (κ2) is 7.73. The SMILES string of the molecule is CCC[C@@H](NC(=O)Cc1c(C)c2cc3c(C)c(C)oc3c(C)c2oc1=O)C(=O)O. The Balaban J connectivity index is 2.06. The van der Waals surface area contributed by atoms with Crippen molar-refractivity contribution in [3.63, 3.8) is 0 Å². The molecule has 1 aromatic carbocycles. The predicted molar refractivity (Wildman–Crippen MR) is 109 cm³/mol. The Labute approximate surface area is 167 Å². The number of benzene rings is 1. The van der Waals surface area contributed by atoms with E-state index in [9.17, 15) is 19.5 Å². The number of rotatable bonds is 6. The van der Waals surface area contributed by atoms with E-state index < -0.39 is 23.5 Å². The standard InChI is InChI=1S/C22H25NO6/c1-6-7-17(21(25)26)23-18(24)9-16-11(3)15-8-14-10(2)13(5)28-19(14)12(4)20(15)29-22(16)27/h8,17H,6-7,9H2,1-5H3,(H,23,24)(H,25,26)/t17-/m1/s1. The quantitative estimate of drug-likeness (QED) is 0.612. The maximum absolute atomic E-state index is 12.6. The molecule has 0 saturated carbocycles. The summed E-state index contributed by atoms with van der Waals surface area (Å²) < 4.78 is 11.4. The molecule has 0 radical (unpaired) electrons. The highest BCUT2D eigenvalue weighted by Crippen LogP contribution is 2.34. The number of hydrogen-bond donors (Lipinski definition) is 2. The van der Waals surface area contributed by atoms with E-state index in [0.29, 0.717) is 29.6 Å². The number of carbonyl (C=O) groups excluding carboxylic acids is 1. The molecule has 29 heavy (non-hydrogen) atoms. The Morgan fingerprint density at radius 1 is 1.03 bits per heavy atom. The lowest BCUT2D eigenvalue weighted by Crippen LogP contribution is -2.41. The molecule has 154 valence electrons. The van der Waals surface area contributed by atoms with Gasteiger partial charge in [-0.3, -0.25) is 4.79 Å². The van der Waals surface area contributed by atoms with Crippen molar-refractivity contribution in [1.29, 1.82) is 0 Å². The third-order valence-corrected chi connectivity index (χ3v) is 5.49. The van der Waals surface area contributed by atoms with Crippen LogP contribution in [0.25, 0.3) is 21.9 Å². The van der Waals surface area contributed by atoms with Gasteiger partial charge in [-0.1, -0.05) is 13.3 Å². The van der Waals surface area contributed by atoms with Crippen molar-refractivity contribution in [3.8, 4) is 0 Å². The molecule has 0 unspecified atom stereocenters. The molecule has 0 aliphatic heterocycles. The Bertz CT molecular complexity index is 1180. The second-order valence-electron chi connectivity index (χ2n) is 7.46. The summed E-state index contributed by atoms with van der Waals surface area (Å²) >= 11 is 0. The van der Waals surface area contributed by atoms with Gasteiger partial charge in [-0.25, -0.2) is 9.59 Å². The molecule has 2 aromatic heterocycles. The summed E-state index contributed by atoms with van der Waals surface area (Å²) in [5.41, 5.74) is 3.15. The lowest BCUT2D eigenvalue weighted by molar-refractivity contribution is -0.141. The van der Waals surface area contributed by atoms with Gasteiger partial charge in [0.05, 0.1) is 12.0 Å². The summed E-state index contributed by atoms with van der Waals surface area (Å²) in [5, 5.41) is 13.4. The van der Waals surface area contributed by atoms with Crippen LogP contribution in [0.1, 0.15) is 47.8 Å². The number of fused-ring (bicyclic) bond motifs is 2. The van der Waals surface area contributed by atoms with Crippen LogP contribution in [0.15, 0.2) is 19.7 Å². The largest absolute Gasteiger partial charge is 0.480 e. The smallest absolute Gasteiger partial charge is 0.340 e. The highest BCUT2D eigenvalue weighted by molar-refractivity contribution is 6.00. The lowest BCUT2D eigenvalue weighted by Gasteiger charge is -2.14. The number of aliphatic carboxylic acids is 1. The van der Waals surface area contributed by atoms with Crippen molar-refractivity contribution < 1.29 is 23.5 Å². The van der Waals surface area contributed by atoms with E-state index >= 15 is 0 Å². The van der Waals surface area contributed by atoms with E-state index in [0.717, 1.165) is 27.7 Å². The fraction of sp³-hybridized carbons (Fsp3) is 0.409. The summed E-state index contributed by atoms with van der Waals surface area (Å²) in [4.78, 5) is 36.3. The number of amides is 1. The van der Waals surface area contributed by atoms with Gasteiger partial charge < -0.3 is 19.3 Å². The minimum Gasteiger partial charge on any atom is -0.480 e. The van der Waals surface area contributed by atoms with Gasteiger partial charge in [0.1, 0.15) is 23.0 Å². The zero-order valence-electron chi connectivity index (χ0n) is 17.3. The van der Waals surface area contributed by atoms with Gasteiger partial charge in [0, 0.05) is 16.3 Å². The van der Waals surface area contributed by atoms with Crippen molar-refractivity contribution in [2.24, 2.45) is 0 Å². The first-order chi connectivity index (χ1) is 13.6. The number of furan rings is 1. The maximum atomic E-state index is 12.6. The van der Waals surface area contributed by atoms with Crippen molar-refractivity contribution >= 4 is 33.8 Å². The van der Waals surface area contributed by atoms with Crippen LogP contribution in [0, 0.1) is 27.7 Å². The van der Waals surface area contributed by atoms with Gasteiger partial charge in [0.2, 0.25) is 5.91 Å². The first-order valence-corrected chi connectivity index (χ1v) is 9.63. The molecule has 0 saturated heterocycles. The summed E-state index contributed by atoms with van der Waals surface area (Å²) in [5.74, 6) is -0.811. The fourth-order valence-corrected chi connectivity index (χ4v) is 3.65. The summed E-state index contributed by atoms with van der Waals surface area (Å²) in [6.45, 7) is 9.30. The van der Waals surface area contributed by atoms with Crippen molar-refractivity contribution in [2.45, 2.75) is 59.9 Å². The van der Waals surface area contributed by atoms with Gasteiger partial charge >= 0.3 is 11.6 Å². The molecule has 0 bridgehead atoms. The number of carboxylic acid groups (broad SMARTS) is 1. The summed E-state index contributed by atoms with van der Waals surface area (Å²) in [6, 6.07) is 0.944. The average Bonchev–Trinajstić information content (AvgIpc) is 2.94. The molecule has 2 heterocycles. The normalized spacial score (nSPS) is 12.4. The number of hydrogen-bond acceptors (Lipinski definition) is 5. The Kier molecular flexibility index (Phi) is 5.50. The lowest BCUT2D eigenvalue weighted by atomic mass is 9.98. The van der Waals surface area contributed by atoms with E-state index in [1.807, 2.05) is 33.8 Å². The predicted octanol–water partition coefficient (Wildman–Crippen LogP) is 3.68. The minimum absolute atomic E-state index is 0.229. The van der Waals surface area contributed by atoms with Crippen molar-refractivity contribution in [2.75, 3.05) is 0 Å². The number of nitrogens with one attached hydrogen (secondary N) is 1. The molecular weight excluding hydrogens is 374 g/mol. The molecule has 0 fully saturated rings. The van der Waals surface area contributed by atoms with Crippen LogP contribution in [-0.4, -0.2) is 23.0 Å². The number of aryl methyl sites for hydroxylation is 4. The Morgan fingerprint density at radius 2 is 1.66 bits per heavy atom. The van der Waals surface area contributed by atoms with Gasteiger partial charge in [-0.05, 0) is 51.3 Å². The zero-order chi connectivity index (χ0) is 21.5. The van der Waals surface area contributed by atoms with E-state index in [1.54, 1.807) is 6.92 Å². The van der Waals surface area contributed by atoms with E-state index in [2.05, 4.69) is 5.32 Å². The molecule has 0 aliphatic carbocycles. The second-order valence-corrected chi connectivity index (χ2v) is 7.46.